The lowest BCUT2D eigenvalue weighted by molar-refractivity contribution is 0.0365. The summed E-state index contributed by atoms with van der Waals surface area (Å²) in [6.07, 6.45) is 0. The molecular weight excluding hydrogens is 383 g/mol. The molecule has 85 valence electrons. The van der Waals surface area contributed by atoms with Crippen molar-refractivity contribution in [2.45, 2.75) is 17.0 Å². The normalized spacial score (nSPS) is 19.3. The summed E-state index contributed by atoms with van der Waals surface area (Å²) in [5.74, 6) is 0. The maximum absolute atomic E-state index is 11.6. The molecule has 0 aliphatic heterocycles. The fourth-order valence-corrected chi connectivity index (χ4v) is 2.05. The van der Waals surface area contributed by atoms with Crippen molar-refractivity contribution in [1.82, 2.24) is 0 Å². The lowest BCUT2D eigenvalue weighted by Crippen LogP contribution is -2.56. The molecule has 0 saturated heterocycles. The summed E-state index contributed by atoms with van der Waals surface area (Å²) in [6.45, 7) is 0. The Morgan fingerprint density at radius 1 is 0.571 bits per heavy atom. The maximum Gasteiger partial charge on any atom is 0.259 e. The first-order valence-electron chi connectivity index (χ1n) is 2.65. The van der Waals surface area contributed by atoms with Crippen molar-refractivity contribution in [3.05, 3.63) is 0 Å². The first kappa shape index (κ1) is 16.6. The molecule has 1 nitrogen and oxygen atoms in total. The van der Waals surface area contributed by atoms with Gasteiger partial charge in [-0.25, -0.2) is 5.11 Å². The fraction of sp³-hybridized carbons (Fsp3) is 1.00. The van der Waals surface area contributed by atoms with E-state index in [-0.39, 0.29) is 0 Å². The van der Waals surface area contributed by atoms with Gasteiger partial charge in [0.15, 0.2) is 0 Å². The van der Waals surface area contributed by atoms with Crippen LogP contribution in [-0.4, -0.2) is 17.0 Å². The van der Waals surface area contributed by atoms with Gasteiger partial charge in [0.2, 0.25) is 11.9 Å². The summed E-state index contributed by atoms with van der Waals surface area (Å²) >= 11 is 48.0. The Morgan fingerprint density at radius 3 is 0.929 bits per heavy atom. The number of hydrogen-bond acceptors (Lipinski definition) is 0. The van der Waals surface area contributed by atoms with Crippen molar-refractivity contribution in [3.63, 3.8) is 0 Å². The van der Waals surface area contributed by atoms with Crippen LogP contribution in [0.15, 0.2) is 0 Å². The van der Waals surface area contributed by atoms with E-state index < -0.39 is 17.0 Å². The van der Waals surface area contributed by atoms with E-state index in [1.165, 1.54) is 0 Å². The van der Waals surface area contributed by atoms with Gasteiger partial charge in [-0.2, -0.15) is 0 Å². The molecule has 1 radical (unpaired) electrons. The van der Waals surface area contributed by atoms with Gasteiger partial charge in [0, 0.05) is 0 Å². The van der Waals surface area contributed by atoms with Crippen LogP contribution in [0.25, 0.3) is 0 Å². The number of hydrogen-bond donors (Lipinski definition) is 0. The summed E-state index contributed by atoms with van der Waals surface area (Å²) in [7, 11) is 0. The smallest absolute Gasteiger partial charge is 0.203 e. The molecule has 0 saturated carbocycles. The van der Waals surface area contributed by atoms with E-state index in [0.717, 1.165) is 0 Å². The van der Waals surface area contributed by atoms with Crippen molar-refractivity contribution in [2.75, 3.05) is 0 Å². The topological polar surface area (TPSA) is 19.9 Å². The first-order chi connectivity index (χ1) is 5.75. The molecule has 0 aromatic heterocycles. The van der Waals surface area contributed by atoms with Crippen LogP contribution >= 0.6 is 104 Å². The highest BCUT2D eigenvalue weighted by Gasteiger charge is 2.69. The summed E-state index contributed by atoms with van der Waals surface area (Å²) in [6, 6.07) is 0. The van der Waals surface area contributed by atoms with E-state index in [1.807, 2.05) is 0 Å². The van der Waals surface area contributed by atoms with Crippen molar-refractivity contribution in [1.29, 1.82) is 0 Å². The quantitative estimate of drug-likeness (QED) is 0.550. The van der Waals surface area contributed by atoms with Crippen LogP contribution in [0.3, 0.4) is 0 Å². The zero-order chi connectivity index (χ0) is 12.0. The van der Waals surface area contributed by atoms with Crippen LogP contribution in [0.5, 0.6) is 0 Å². The molecular formula is C4Cl9O. The van der Waals surface area contributed by atoms with Gasteiger partial charge in [0.1, 0.15) is 0 Å². The Hall–Kier alpha value is 2.57. The molecule has 0 fully saturated rings. The second-order valence-electron chi connectivity index (χ2n) is 2.17. The minimum Gasteiger partial charge on any atom is -0.203 e. The lowest BCUT2D eigenvalue weighted by atomic mass is 10.3. The van der Waals surface area contributed by atoms with Crippen molar-refractivity contribution in [3.8, 4) is 0 Å². The lowest BCUT2D eigenvalue weighted by Gasteiger charge is -2.39. The average molecular weight is 383 g/mol. The van der Waals surface area contributed by atoms with Gasteiger partial charge >= 0.3 is 0 Å². The van der Waals surface area contributed by atoms with E-state index in [1.54, 1.807) is 0 Å². The molecule has 10 heteroatoms. The predicted octanol–water partition coefficient (Wildman–Crippen LogP) is 5.27. The molecule has 0 bridgehead atoms. The Balaban J connectivity index is 5.30. The highest BCUT2D eigenvalue weighted by molar-refractivity contribution is 6.79. The van der Waals surface area contributed by atoms with Crippen molar-refractivity contribution >= 4 is 104 Å². The Kier molecular flexibility index (Phi) is 5.54. The highest BCUT2D eigenvalue weighted by Crippen LogP contribution is 2.60. The molecule has 1 unspecified atom stereocenters. The molecule has 0 aliphatic carbocycles. The van der Waals surface area contributed by atoms with Gasteiger partial charge in [-0.1, -0.05) is 104 Å². The van der Waals surface area contributed by atoms with Gasteiger partial charge in [-0.3, -0.25) is 0 Å². The first-order valence-corrected chi connectivity index (χ1v) is 6.06. The van der Waals surface area contributed by atoms with E-state index in [2.05, 4.69) is 0 Å². The van der Waals surface area contributed by atoms with Crippen molar-refractivity contribution < 1.29 is 5.11 Å². The molecule has 0 aromatic carbocycles. The average Bonchev–Trinajstić information content (AvgIpc) is 1.81. The minimum absolute atomic E-state index is 2.41. The van der Waals surface area contributed by atoms with E-state index in [9.17, 15) is 5.11 Å². The standard InChI is InChI=1S/C4Cl9O/c5-1(6,3(8,9)10)2(7,14)4(11,12)13. The SMILES string of the molecule is [O]C(Cl)(C(Cl)(Cl)Cl)C(Cl)(Cl)C(Cl)(Cl)Cl. The number of rotatable bonds is 1. The fourth-order valence-electron chi connectivity index (χ4n) is 0.360. The van der Waals surface area contributed by atoms with Gasteiger partial charge < -0.3 is 0 Å². The van der Waals surface area contributed by atoms with E-state index >= 15 is 0 Å². The van der Waals surface area contributed by atoms with Crippen LogP contribution in [0.2, 0.25) is 0 Å². The third-order valence-electron chi connectivity index (χ3n) is 1.12. The highest BCUT2D eigenvalue weighted by atomic mass is 35.6. The summed E-state index contributed by atoms with van der Waals surface area (Å²) < 4.78 is -7.59. The summed E-state index contributed by atoms with van der Waals surface area (Å²) in [5, 5.41) is 8.62. The Bertz CT molecular complexity index is 186. The van der Waals surface area contributed by atoms with Crippen LogP contribution in [0.1, 0.15) is 0 Å². The molecule has 0 spiro atoms. The summed E-state index contributed by atoms with van der Waals surface area (Å²) in [5.41, 5.74) is 0. The van der Waals surface area contributed by atoms with Gasteiger partial charge in [-0.15, -0.1) is 0 Å². The molecule has 1 atom stereocenters. The molecule has 14 heavy (non-hydrogen) atoms. The minimum atomic E-state index is -3.03. The maximum atomic E-state index is 11.6. The Morgan fingerprint density at radius 2 is 0.857 bits per heavy atom. The van der Waals surface area contributed by atoms with Crippen LogP contribution in [0.4, 0.5) is 0 Å². The molecule has 0 aromatic rings. The monoisotopic (exact) mass is 379 g/mol. The third-order valence-corrected chi connectivity index (χ3v) is 5.50. The van der Waals surface area contributed by atoms with Crippen LogP contribution in [-0.2, 0) is 5.11 Å². The van der Waals surface area contributed by atoms with Gasteiger partial charge in [0.25, 0.3) is 5.06 Å². The Labute approximate surface area is 125 Å². The predicted molar refractivity (Wildman–Crippen MR) is 64.3 cm³/mol. The van der Waals surface area contributed by atoms with Crippen LogP contribution < -0.4 is 0 Å². The van der Waals surface area contributed by atoms with Gasteiger partial charge in [-0.05, 0) is 0 Å². The second-order valence-corrected chi connectivity index (χ2v) is 8.59. The largest absolute Gasteiger partial charge is 0.259 e. The molecule has 0 amide bonds. The zero-order valence-corrected chi connectivity index (χ0v) is 12.6. The number of halogens is 9. The third kappa shape index (κ3) is 3.07. The molecule has 0 aliphatic rings. The molecule has 0 heterocycles. The van der Waals surface area contributed by atoms with Crippen molar-refractivity contribution in [2.24, 2.45) is 0 Å². The van der Waals surface area contributed by atoms with E-state index in [4.69, 9.17) is 104 Å². The number of alkyl halides is 9. The molecule has 0 rings (SSSR count). The summed E-state index contributed by atoms with van der Waals surface area (Å²) in [4.78, 5) is 0. The van der Waals surface area contributed by atoms with Gasteiger partial charge in [0.05, 0.1) is 0 Å². The van der Waals surface area contributed by atoms with E-state index in [0.29, 0.717) is 0 Å². The molecule has 0 N–H and O–H groups in total. The zero-order valence-electron chi connectivity index (χ0n) is 5.81. The van der Waals surface area contributed by atoms with Crippen LogP contribution in [0, 0.1) is 0 Å². The second kappa shape index (κ2) is 4.68.